The molecule has 0 fully saturated rings. The zero-order chi connectivity index (χ0) is 36.0. The summed E-state index contributed by atoms with van der Waals surface area (Å²) >= 11 is 0. The standard InChI is InChI=1S/19CH4.18H3N/h19*1H4;18*1H3/i/hD18. The topological polar surface area (TPSA) is 630 Å². The van der Waals surface area contributed by atoms with Crippen LogP contribution < -0.4 is 111 Å². The maximum atomic E-state index is 5.25. The highest BCUT2D eigenvalue weighted by atomic mass is 14.0. The van der Waals surface area contributed by atoms with Crippen LogP contribution in [0.4, 0.5) is 0 Å². The summed E-state index contributed by atoms with van der Waals surface area (Å²) in [4.78, 5) is 0. The fourth-order valence-corrected chi connectivity index (χ4v) is 0. The van der Waals surface area contributed by atoms with Crippen molar-refractivity contribution in [1.29, 1.82) is 0 Å². The maximum absolute atomic E-state index is 5.25. The number of hydrogen-bond acceptors (Lipinski definition) is 18. The Morgan fingerprint density at radius 2 is 0.108 bits per heavy atom. The van der Waals surface area contributed by atoms with Gasteiger partial charge in [-0.3, -0.25) is 0 Å². The first-order valence-corrected chi connectivity index (χ1v) is 0. The van der Waals surface area contributed by atoms with Gasteiger partial charge in [-0.2, -0.15) is 0 Å². The summed E-state index contributed by atoms with van der Waals surface area (Å²) in [7, 11) is 0. The minimum absolute atomic E-state index is 0. The smallest absolute Gasteiger partial charge is 0.115 e. The zero-order valence-electron chi connectivity index (χ0n) is 28.4. The summed E-state index contributed by atoms with van der Waals surface area (Å²) < 4.78 is 94.5. The summed E-state index contributed by atoms with van der Waals surface area (Å²) in [5, 5.41) is 0. The third-order valence-electron chi connectivity index (χ3n) is 0. The van der Waals surface area contributed by atoms with Crippen molar-refractivity contribution in [3.8, 4) is 0 Å². The molecule has 296 valence electrons. The van der Waals surface area contributed by atoms with E-state index < -0.39 is 0 Å². The molecule has 0 bridgehead atoms. The highest BCUT2D eigenvalue weighted by molar-refractivity contribution is 2.52. The molecule has 0 aliphatic rings. The third kappa shape index (κ3) is 75400. The summed E-state index contributed by atoms with van der Waals surface area (Å²) in [6.45, 7) is 0. The molecule has 18 heteroatoms. The third-order valence-corrected chi connectivity index (χ3v) is 0. The molecule has 0 heterocycles. The highest BCUT2D eigenvalue weighted by Crippen LogP contribution is 0.163. The Morgan fingerprint density at radius 1 is 0.108 bits per heavy atom. The van der Waals surface area contributed by atoms with Crippen LogP contribution in [0.15, 0.2) is 0 Å². The summed E-state index contributed by atoms with van der Waals surface area (Å²) in [5.74, 6) is 0. The molecule has 54 N–H and O–H groups in total. The first-order valence-electron chi connectivity index (χ1n) is 10.4. The lowest BCUT2D eigenvalue weighted by Crippen LogP contribution is -0.482. The van der Waals surface area contributed by atoms with Gasteiger partial charge < -0.3 is 111 Å². The minimum atomic E-state index is 0. The first kappa shape index (κ1) is 151. The molecule has 0 amide bonds. The molecule has 0 aromatic carbocycles. The van der Waals surface area contributed by atoms with Crippen LogP contribution in [0, 0.1) is 0 Å². The van der Waals surface area contributed by atoms with Crippen LogP contribution in [0.25, 0.3) is 0 Å². The predicted molar refractivity (Wildman–Crippen MR) is 218 cm³/mol. The largest absolute Gasteiger partial charge is 0.344 e. The van der Waals surface area contributed by atoms with Gasteiger partial charge in [-0.25, -0.2) is 0 Å². The lowest BCUT2D eigenvalue weighted by molar-refractivity contribution is 2.13. The molecule has 18 nitrogen and oxygen atoms in total. The van der Waals surface area contributed by atoms with Crippen molar-refractivity contribution in [2.45, 2.75) is 141 Å². The summed E-state index contributed by atoms with van der Waals surface area (Å²) in [6, 6.07) is 0. The molecule has 0 radical (unpaired) electrons. The van der Waals surface area contributed by atoms with E-state index in [0.717, 1.165) is 0 Å². The van der Waals surface area contributed by atoms with E-state index in [1.54, 1.807) is 0 Å². The van der Waals surface area contributed by atoms with Gasteiger partial charge in [0.2, 0.25) is 0 Å². The SMILES string of the molecule is C.C.C.C.C.C.C.C.C.C.C.C.C.C.C.C.C.C.C.[2H]N.[2H]N.[2H]N.[2H]N.[2H]N.[2H]N.[2H]N.[2H]N.[2H]N.[2H]N.[2H]N.[2H]N.[2H]N.[2H]N.[2H]N.[2H]N.[2H]N.[2H]N. The van der Waals surface area contributed by atoms with Crippen LogP contribution >= 0.6 is 0 Å². The van der Waals surface area contributed by atoms with Gasteiger partial charge in [0.15, 0.2) is 0 Å². The Kier molecular flexibility index (Phi) is 327000. The Hall–Kier alpha value is -0.720. The molecule has 37 heavy (non-hydrogen) atoms. The number of rotatable bonds is 0. The van der Waals surface area contributed by atoms with E-state index in [2.05, 4.69) is 111 Å². The van der Waals surface area contributed by atoms with Gasteiger partial charge in [-0.15, -0.1) is 0 Å². The second kappa shape index (κ2) is 80000. The molecule has 0 unspecified atom stereocenters. The molecule has 0 spiro atoms. The van der Waals surface area contributed by atoms with E-state index >= 15 is 0 Å². The molecule has 0 aliphatic carbocycles. The van der Waals surface area contributed by atoms with Gasteiger partial charge in [0.05, 0.1) is 0 Å². The Bertz CT molecular complexity index is 87.1. The predicted octanol–water partition coefficient (Wildman–Crippen LogP) is 15.0. The van der Waals surface area contributed by atoms with Gasteiger partial charge in [0.25, 0.3) is 0 Å². The van der Waals surface area contributed by atoms with E-state index in [4.69, 9.17) is 25.4 Å². The minimum Gasteiger partial charge on any atom is -0.344 e. The van der Waals surface area contributed by atoms with Crippen LogP contribution in [0.1, 0.15) is 141 Å². The summed E-state index contributed by atoms with van der Waals surface area (Å²) in [5.41, 5.74) is 0. The second-order valence-electron chi connectivity index (χ2n) is 0. The van der Waals surface area contributed by atoms with Gasteiger partial charge in [0, 0.05) is 0 Å². The molecule has 0 aromatic rings. The normalized spacial score (nSPS) is 3.41. The molecule has 0 rings (SSSR count). The average molecular weight is 629 g/mol. The van der Waals surface area contributed by atoms with Crippen molar-refractivity contribution in [3.05, 3.63) is 0 Å². The van der Waals surface area contributed by atoms with Gasteiger partial charge in [-0.05, 0) is 0 Å². The van der Waals surface area contributed by atoms with E-state index in [9.17, 15) is 0 Å². The maximum Gasteiger partial charge on any atom is 0.115 e. The first-order chi connectivity index (χ1) is 18.0. The summed E-state index contributed by atoms with van der Waals surface area (Å²) in [6.07, 6.45) is 67.5. The molecule has 0 atom stereocenters. The average Bonchev–Trinajstić information content (AvgIpc) is 3.13. The van der Waals surface area contributed by atoms with Crippen LogP contribution in [-0.4, -0.2) is 0 Å². The van der Waals surface area contributed by atoms with E-state index in [1.807, 2.05) is 0 Å². The van der Waals surface area contributed by atoms with Crippen LogP contribution in [0.3, 0.4) is 0 Å². The quantitative estimate of drug-likeness (QED) is 0.118. The van der Waals surface area contributed by atoms with E-state index in [-0.39, 0.29) is 141 Å². The van der Waals surface area contributed by atoms with Crippen LogP contribution in [0.5, 0.6) is 0 Å². The van der Waals surface area contributed by atoms with Crippen molar-refractivity contribution >= 4 is 0 Å². The fourth-order valence-electron chi connectivity index (χ4n) is 0. The van der Waals surface area contributed by atoms with E-state index in [0.29, 0.717) is 0 Å². The number of hydrogen-bond donors (Lipinski definition) is 18. The molecular weight excluding hydrogens is 480 g/mol. The van der Waals surface area contributed by atoms with Crippen molar-refractivity contribution in [3.63, 3.8) is 0 Å². The van der Waals surface area contributed by atoms with Gasteiger partial charge >= 0.3 is 0 Å². The van der Waals surface area contributed by atoms with Crippen LogP contribution in [0.2, 0.25) is 25.4 Å². The Balaban J connectivity index is -0.00000000175. The Morgan fingerprint density at radius 3 is 0.108 bits per heavy atom. The lowest BCUT2D eigenvalue weighted by atomic mass is 12.0. The lowest BCUT2D eigenvalue weighted by Gasteiger charge is -0.345. The second-order valence-corrected chi connectivity index (χ2v) is 0. The van der Waals surface area contributed by atoms with E-state index in [1.165, 1.54) is 0 Å². The Labute approximate surface area is 278 Å². The van der Waals surface area contributed by atoms with Crippen molar-refractivity contribution in [2.24, 2.45) is 0 Å². The van der Waals surface area contributed by atoms with Crippen molar-refractivity contribution in [1.82, 2.24) is 111 Å². The van der Waals surface area contributed by atoms with Gasteiger partial charge in [0.1, 0.15) is 25.4 Å². The molecular formula is C19H130N18. The van der Waals surface area contributed by atoms with Crippen molar-refractivity contribution < 1.29 is 25.4 Å². The molecule has 0 aliphatic heterocycles. The fraction of sp³-hybridized carbons (Fsp3) is 1.00. The van der Waals surface area contributed by atoms with Crippen LogP contribution in [-0.2, 0) is 0 Å². The molecule has 0 aromatic heterocycles. The highest BCUT2D eigenvalue weighted by Gasteiger charge is -0.0583. The zero-order valence-corrected chi connectivity index (χ0v) is 10.4. The molecule has 0 saturated heterocycles. The van der Waals surface area contributed by atoms with Crippen molar-refractivity contribution in [2.75, 3.05) is 0 Å². The monoisotopic (exact) mass is 629 g/mol. The van der Waals surface area contributed by atoms with Gasteiger partial charge in [-0.1, -0.05) is 141 Å². The molecule has 0 saturated carbocycles.